The number of hydrogen-bond donors (Lipinski definition) is 4. The molecule has 2 aromatic rings. The number of imidazole rings is 1. The monoisotopic (exact) mass is 283 g/mol. The second-order valence-corrected chi connectivity index (χ2v) is 4.91. The highest BCUT2D eigenvalue weighted by Crippen LogP contribution is 2.34. The third-order valence-electron chi connectivity index (χ3n) is 3.18. The van der Waals surface area contributed by atoms with Gasteiger partial charge < -0.3 is 20.7 Å². The van der Waals surface area contributed by atoms with Gasteiger partial charge >= 0.3 is 0 Å². The average Bonchev–Trinajstić information content (AvgIpc) is 2.94. The summed E-state index contributed by atoms with van der Waals surface area (Å²) in [6.45, 7) is -0.217. The lowest BCUT2D eigenvalue weighted by atomic mass is 10.2. The van der Waals surface area contributed by atoms with Crippen LogP contribution in [0.4, 0.5) is 5.82 Å². The van der Waals surface area contributed by atoms with Gasteiger partial charge in [-0.3, -0.25) is 4.57 Å². The number of nitrogens with two attached hydrogens (primary N) is 1. The summed E-state index contributed by atoms with van der Waals surface area (Å²) in [5.74, 6) is 0.261. The highest BCUT2D eigenvalue weighted by molar-refractivity contribution is 7.81. The van der Waals surface area contributed by atoms with Crippen molar-refractivity contribution in [3.8, 4) is 0 Å². The molecular formula is C10H13N5O3S. The second kappa shape index (κ2) is 4.60. The maximum atomic E-state index is 10.1. The van der Waals surface area contributed by atoms with Crippen LogP contribution in [0, 0.1) is 0 Å². The third kappa shape index (κ3) is 1.86. The Balaban J connectivity index is 2.04. The summed E-state index contributed by atoms with van der Waals surface area (Å²) < 4.78 is 7.14. The molecule has 0 spiro atoms. The maximum absolute atomic E-state index is 10.1. The van der Waals surface area contributed by atoms with Crippen LogP contribution in [-0.2, 0) is 4.74 Å². The number of ether oxygens (including phenoxy) is 1. The van der Waals surface area contributed by atoms with Gasteiger partial charge in [0.15, 0.2) is 17.7 Å². The molecule has 0 saturated carbocycles. The summed E-state index contributed by atoms with van der Waals surface area (Å²) in [6.07, 6.45) is 0.663. The Labute approximate surface area is 113 Å². The fourth-order valence-corrected chi connectivity index (χ4v) is 2.48. The number of aliphatic hydroxyl groups excluding tert-OH is 2. The van der Waals surface area contributed by atoms with Gasteiger partial charge in [0.1, 0.15) is 17.9 Å². The summed E-state index contributed by atoms with van der Waals surface area (Å²) in [5, 5.41) is 18.8. The molecule has 102 valence electrons. The first-order chi connectivity index (χ1) is 9.13. The Morgan fingerprint density at radius 3 is 2.89 bits per heavy atom. The molecule has 1 aliphatic heterocycles. The molecule has 3 heterocycles. The molecule has 19 heavy (non-hydrogen) atoms. The standard InChI is InChI=1S/C10H13N5O3S/c11-8-5-9(13-2-12-8)15(3-14-5)10-6(17)7(19)4(1-16)18-10/h2-4,6-7,10,16-17,19H,1H2,(H2,11,12,13)/t4-,6+,7+,10-/m0/s1. The first kappa shape index (κ1) is 12.6. The minimum Gasteiger partial charge on any atom is -0.394 e. The quantitative estimate of drug-likeness (QED) is 0.520. The Morgan fingerprint density at radius 2 is 2.21 bits per heavy atom. The van der Waals surface area contributed by atoms with Gasteiger partial charge in [-0.05, 0) is 0 Å². The number of hydrogen-bond acceptors (Lipinski definition) is 8. The molecule has 0 aliphatic carbocycles. The predicted octanol–water partition coefficient (Wildman–Crippen LogP) is -1.04. The van der Waals surface area contributed by atoms with E-state index in [1.165, 1.54) is 12.7 Å². The molecule has 0 radical (unpaired) electrons. The molecule has 4 atom stereocenters. The van der Waals surface area contributed by atoms with Crippen molar-refractivity contribution in [3.63, 3.8) is 0 Å². The van der Waals surface area contributed by atoms with Crippen molar-refractivity contribution in [2.75, 3.05) is 12.3 Å². The van der Waals surface area contributed by atoms with E-state index >= 15 is 0 Å². The van der Waals surface area contributed by atoms with Gasteiger partial charge in [-0.15, -0.1) is 0 Å². The molecular weight excluding hydrogens is 270 g/mol. The molecule has 9 heteroatoms. The Kier molecular flexibility index (Phi) is 3.05. The summed E-state index contributed by atoms with van der Waals surface area (Å²) in [6, 6.07) is 0. The molecule has 2 aromatic heterocycles. The summed E-state index contributed by atoms with van der Waals surface area (Å²) in [4.78, 5) is 12.0. The zero-order chi connectivity index (χ0) is 13.6. The van der Waals surface area contributed by atoms with Crippen LogP contribution in [-0.4, -0.2) is 53.8 Å². The maximum Gasteiger partial charge on any atom is 0.167 e. The molecule has 1 saturated heterocycles. The lowest BCUT2D eigenvalue weighted by Gasteiger charge is -2.16. The Bertz CT molecular complexity index is 606. The fraction of sp³-hybridized carbons (Fsp3) is 0.500. The van der Waals surface area contributed by atoms with Gasteiger partial charge in [0, 0.05) is 0 Å². The van der Waals surface area contributed by atoms with Crippen LogP contribution in [0.1, 0.15) is 6.23 Å². The van der Waals surface area contributed by atoms with Crippen molar-refractivity contribution >= 4 is 29.6 Å². The van der Waals surface area contributed by atoms with E-state index in [0.29, 0.717) is 11.2 Å². The molecule has 0 unspecified atom stereocenters. The van der Waals surface area contributed by atoms with Crippen molar-refractivity contribution in [1.82, 2.24) is 19.5 Å². The molecule has 0 aromatic carbocycles. The van der Waals surface area contributed by atoms with Gasteiger partial charge in [0.05, 0.1) is 24.3 Å². The number of aliphatic hydroxyl groups is 2. The number of fused-ring (bicyclic) bond motifs is 1. The molecule has 8 nitrogen and oxygen atoms in total. The van der Waals surface area contributed by atoms with Crippen molar-refractivity contribution < 1.29 is 14.9 Å². The van der Waals surface area contributed by atoms with Gasteiger partial charge in [0.2, 0.25) is 0 Å². The van der Waals surface area contributed by atoms with Gasteiger partial charge in [0.25, 0.3) is 0 Å². The number of thiol groups is 1. The van der Waals surface area contributed by atoms with Crippen molar-refractivity contribution in [2.45, 2.75) is 23.7 Å². The average molecular weight is 283 g/mol. The minimum atomic E-state index is -0.880. The topological polar surface area (TPSA) is 119 Å². The van der Waals surface area contributed by atoms with E-state index in [4.69, 9.17) is 10.5 Å². The van der Waals surface area contributed by atoms with Crippen molar-refractivity contribution in [2.24, 2.45) is 0 Å². The molecule has 4 N–H and O–H groups in total. The van der Waals surface area contributed by atoms with E-state index in [2.05, 4.69) is 27.6 Å². The van der Waals surface area contributed by atoms with Crippen LogP contribution >= 0.6 is 12.6 Å². The lowest BCUT2D eigenvalue weighted by Crippen LogP contribution is -2.28. The SMILES string of the molecule is Nc1ncnc2c1ncn2[C@H]1O[C@@H](CO)[C@@H](S)[C@H]1O. The molecule has 3 rings (SSSR count). The first-order valence-electron chi connectivity index (χ1n) is 5.69. The van der Waals surface area contributed by atoms with E-state index in [9.17, 15) is 10.2 Å². The lowest BCUT2D eigenvalue weighted by molar-refractivity contribution is -0.0486. The van der Waals surface area contributed by atoms with E-state index < -0.39 is 23.7 Å². The zero-order valence-corrected chi connectivity index (χ0v) is 10.7. The minimum absolute atomic E-state index is 0.217. The number of nitrogens with zero attached hydrogens (tertiary/aromatic N) is 4. The zero-order valence-electron chi connectivity index (χ0n) is 9.79. The highest BCUT2D eigenvalue weighted by Gasteiger charge is 2.42. The number of aromatic nitrogens is 4. The Morgan fingerprint density at radius 1 is 1.42 bits per heavy atom. The van der Waals surface area contributed by atoms with Crippen LogP contribution in [0.15, 0.2) is 12.7 Å². The summed E-state index contributed by atoms with van der Waals surface area (Å²) in [7, 11) is 0. The molecule has 1 fully saturated rings. The van der Waals surface area contributed by atoms with Gasteiger partial charge in [-0.1, -0.05) is 0 Å². The normalized spacial score (nSPS) is 31.1. The molecule has 0 bridgehead atoms. The van der Waals surface area contributed by atoms with Gasteiger partial charge in [-0.2, -0.15) is 12.6 Å². The first-order valence-corrected chi connectivity index (χ1v) is 6.20. The van der Waals surface area contributed by atoms with E-state index in [0.717, 1.165) is 0 Å². The number of nitrogen functional groups attached to an aromatic ring is 1. The van der Waals surface area contributed by atoms with Crippen LogP contribution in [0.5, 0.6) is 0 Å². The van der Waals surface area contributed by atoms with E-state index in [1.54, 1.807) is 4.57 Å². The van der Waals surface area contributed by atoms with Crippen LogP contribution < -0.4 is 5.73 Å². The third-order valence-corrected chi connectivity index (χ3v) is 3.82. The van der Waals surface area contributed by atoms with Crippen LogP contribution in [0.2, 0.25) is 0 Å². The van der Waals surface area contributed by atoms with Crippen molar-refractivity contribution in [3.05, 3.63) is 12.7 Å². The summed E-state index contributed by atoms with van der Waals surface area (Å²) in [5.41, 5.74) is 6.61. The predicted molar refractivity (Wildman–Crippen MR) is 69.5 cm³/mol. The number of anilines is 1. The summed E-state index contributed by atoms with van der Waals surface area (Å²) >= 11 is 4.24. The smallest absolute Gasteiger partial charge is 0.167 e. The molecule has 0 amide bonds. The highest BCUT2D eigenvalue weighted by atomic mass is 32.1. The van der Waals surface area contributed by atoms with Gasteiger partial charge in [-0.25, -0.2) is 15.0 Å². The number of rotatable bonds is 2. The van der Waals surface area contributed by atoms with E-state index in [-0.39, 0.29) is 12.4 Å². The largest absolute Gasteiger partial charge is 0.394 e. The Hall–Kier alpha value is -1.42. The van der Waals surface area contributed by atoms with Crippen LogP contribution in [0.25, 0.3) is 11.2 Å². The van der Waals surface area contributed by atoms with E-state index in [1.807, 2.05) is 0 Å². The van der Waals surface area contributed by atoms with Crippen molar-refractivity contribution in [1.29, 1.82) is 0 Å². The second-order valence-electron chi connectivity index (χ2n) is 4.31. The molecule has 1 aliphatic rings. The van der Waals surface area contributed by atoms with Crippen LogP contribution in [0.3, 0.4) is 0 Å². The fourth-order valence-electron chi connectivity index (χ4n) is 2.17.